The molecular formula is C18H12IN3O4. The highest BCUT2D eigenvalue weighted by atomic mass is 127. The third-order valence-electron chi connectivity index (χ3n) is 3.33. The van der Waals surface area contributed by atoms with E-state index in [2.05, 4.69) is 32.6 Å². The Hall–Kier alpha value is -3.01. The summed E-state index contributed by atoms with van der Waals surface area (Å²) in [7, 11) is 0. The largest absolute Gasteiger partial charge is 0.479 e. The minimum atomic E-state index is -0.464. The third-order valence-corrected chi connectivity index (χ3v) is 4.24. The monoisotopic (exact) mass is 461 g/mol. The highest BCUT2D eigenvalue weighted by molar-refractivity contribution is 14.1. The lowest BCUT2D eigenvalue weighted by Gasteiger charge is -1.95. The van der Waals surface area contributed by atoms with Crippen LogP contribution in [0.4, 0.5) is 11.4 Å². The summed E-state index contributed by atoms with van der Waals surface area (Å²) in [6.45, 7) is 0. The standard InChI is InChI=1S/C18H12IN3O4/c19-14-6-1-2-7-15(14)20-11-16-18(23)26-17(21-16)9-8-12-4-3-5-13(10-12)22(24)25/h1-11,23H/b9-8+,20-11?. The van der Waals surface area contributed by atoms with Crippen LogP contribution < -0.4 is 0 Å². The number of nitro groups is 1. The van der Waals surface area contributed by atoms with Gasteiger partial charge in [0.25, 0.3) is 5.69 Å². The molecule has 7 nitrogen and oxygen atoms in total. The van der Waals surface area contributed by atoms with Crippen LogP contribution in [0.3, 0.4) is 0 Å². The summed E-state index contributed by atoms with van der Waals surface area (Å²) in [6.07, 6.45) is 4.54. The van der Waals surface area contributed by atoms with Gasteiger partial charge in [-0.15, -0.1) is 0 Å². The maximum absolute atomic E-state index is 10.8. The van der Waals surface area contributed by atoms with Crippen molar-refractivity contribution < 1.29 is 14.4 Å². The molecule has 0 spiro atoms. The topological polar surface area (TPSA) is 102 Å². The number of para-hydroxylation sites is 1. The molecular weight excluding hydrogens is 449 g/mol. The first-order valence-corrected chi connectivity index (χ1v) is 8.52. The van der Waals surface area contributed by atoms with Crippen molar-refractivity contribution in [3.8, 4) is 5.95 Å². The van der Waals surface area contributed by atoms with Crippen molar-refractivity contribution in [3.63, 3.8) is 0 Å². The molecule has 1 aromatic heterocycles. The van der Waals surface area contributed by atoms with Crippen molar-refractivity contribution in [2.45, 2.75) is 0 Å². The number of benzene rings is 2. The van der Waals surface area contributed by atoms with Gasteiger partial charge in [-0.1, -0.05) is 24.3 Å². The number of hydrogen-bond acceptors (Lipinski definition) is 6. The van der Waals surface area contributed by atoms with E-state index in [1.807, 2.05) is 24.3 Å². The molecule has 0 aliphatic heterocycles. The van der Waals surface area contributed by atoms with E-state index in [1.165, 1.54) is 24.4 Å². The van der Waals surface area contributed by atoms with E-state index in [9.17, 15) is 15.2 Å². The Balaban J connectivity index is 1.79. The van der Waals surface area contributed by atoms with Gasteiger partial charge in [-0.3, -0.25) is 15.1 Å². The highest BCUT2D eigenvalue weighted by Crippen LogP contribution is 2.23. The Morgan fingerprint density at radius 1 is 1.19 bits per heavy atom. The smallest absolute Gasteiger partial charge is 0.312 e. The molecule has 1 heterocycles. The highest BCUT2D eigenvalue weighted by Gasteiger charge is 2.09. The molecule has 0 radical (unpaired) electrons. The Morgan fingerprint density at radius 2 is 2.00 bits per heavy atom. The summed E-state index contributed by atoms with van der Waals surface area (Å²) in [6, 6.07) is 13.7. The van der Waals surface area contributed by atoms with E-state index >= 15 is 0 Å². The first kappa shape index (κ1) is 17.8. The van der Waals surface area contributed by atoms with Crippen LogP contribution in [0.15, 0.2) is 57.9 Å². The van der Waals surface area contributed by atoms with Gasteiger partial charge < -0.3 is 9.52 Å². The quantitative estimate of drug-likeness (QED) is 0.254. The molecule has 1 N–H and O–H groups in total. The first-order chi connectivity index (χ1) is 12.5. The van der Waals surface area contributed by atoms with Crippen LogP contribution in [0, 0.1) is 13.7 Å². The zero-order chi connectivity index (χ0) is 18.5. The van der Waals surface area contributed by atoms with E-state index in [-0.39, 0.29) is 23.2 Å². The van der Waals surface area contributed by atoms with E-state index in [1.54, 1.807) is 18.2 Å². The number of aromatic hydroxyl groups is 1. The average molecular weight is 461 g/mol. The van der Waals surface area contributed by atoms with E-state index in [4.69, 9.17) is 4.42 Å². The van der Waals surface area contributed by atoms with Crippen molar-refractivity contribution >= 4 is 52.3 Å². The zero-order valence-electron chi connectivity index (χ0n) is 13.2. The molecule has 0 fully saturated rings. The Kier molecular flexibility index (Phi) is 5.42. The number of aliphatic imine (C=N–C) groups is 1. The van der Waals surface area contributed by atoms with Gasteiger partial charge >= 0.3 is 5.95 Å². The van der Waals surface area contributed by atoms with Crippen molar-refractivity contribution in [2.75, 3.05) is 0 Å². The fourth-order valence-corrected chi connectivity index (χ4v) is 2.62. The van der Waals surface area contributed by atoms with Gasteiger partial charge in [-0.2, -0.15) is 0 Å². The molecule has 2 aromatic carbocycles. The minimum Gasteiger partial charge on any atom is -0.479 e. The maximum Gasteiger partial charge on any atom is 0.312 e. The SMILES string of the molecule is O=[N+]([O-])c1cccc(/C=C/c2nc(C=Nc3ccccc3I)c(O)o2)c1. The van der Waals surface area contributed by atoms with E-state index in [0.717, 1.165) is 9.26 Å². The molecule has 0 bridgehead atoms. The summed E-state index contributed by atoms with van der Waals surface area (Å²) in [5.41, 5.74) is 1.56. The van der Waals surface area contributed by atoms with E-state index < -0.39 is 4.92 Å². The van der Waals surface area contributed by atoms with Crippen LogP contribution in [0.1, 0.15) is 17.1 Å². The molecule has 26 heavy (non-hydrogen) atoms. The summed E-state index contributed by atoms with van der Waals surface area (Å²) >= 11 is 2.16. The lowest BCUT2D eigenvalue weighted by molar-refractivity contribution is -0.384. The second-order valence-corrected chi connectivity index (χ2v) is 6.30. The molecule has 0 aliphatic carbocycles. The normalized spacial score (nSPS) is 11.4. The number of aromatic nitrogens is 1. The predicted octanol–water partition coefficient (Wildman–Crippen LogP) is 4.81. The van der Waals surface area contributed by atoms with Crippen LogP contribution >= 0.6 is 22.6 Å². The second-order valence-electron chi connectivity index (χ2n) is 5.14. The lowest BCUT2D eigenvalue weighted by Crippen LogP contribution is -1.87. The molecule has 0 aliphatic rings. The molecule has 0 amide bonds. The Bertz CT molecular complexity index is 1010. The van der Waals surface area contributed by atoms with Crippen molar-refractivity contribution in [1.29, 1.82) is 0 Å². The van der Waals surface area contributed by atoms with Crippen LogP contribution in [0.5, 0.6) is 5.95 Å². The number of nitro benzene ring substituents is 1. The fourth-order valence-electron chi connectivity index (χ4n) is 2.09. The number of halogens is 1. The van der Waals surface area contributed by atoms with Gasteiger partial charge in [0, 0.05) is 21.8 Å². The van der Waals surface area contributed by atoms with E-state index in [0.29, 0.717) is 5.56 Å². The molecule has 0 saturated carbocycles. The number of nitrogens with zero attached hydrogens (tertiary/aromatic N) is 3. The summed E-state index contributed by atoms with van der Waals surface area (Å²) in [4.78, 5) is 18.7. The Labute approximate surface area is 162 Å². The van der Waals surface area contributed by atoms with Gasteiger partial charge in [0.05, 0.1) is 16.8 Å². The number of rotatable bonds is 5. The first-order valence-electron chi connectivity index (χ1n) is 7.44. The van der Waals surface area contributed by atoms with Crippen molar-refractivity contribution in [1.82, 2.24) is 4.98 Å². The summed E-state index contributed by atoms with van der Waals surface area (Å²) in [5, 5.41) is 20.6. The zero-order valence-corrected chi connectivity index (χ0v) is 15.4. The second kappa shape index (κ2) is 7.91. The van der Waals surface area contributed by atoms with Crippen LogP contribution in [0.2, 0.25) is 0 Å². The summed E-state index contributed by atoms with van der Waals surface area (Å²) < 4.78 is 6.13. The molecule has 130 valence electrons. The molecule has 8 heteroatoms. The molecule has 0 saturated heterocycles. The number of hydrogen-bond donors (Lipinski definition) is 1. The lowest BCUT2D eigenvalue weighted by atomic mass is 10.2. The van der Waals surface area contributed by atoms with Crippen molar-refractivity contribution in [3.05, 3.63) is 79.4 Å². The molecule has 3 aromatic rings. The minimum absolute atomic E-state index is 0.00677. The van der Waals surface area contributed by atoms with Gasteiger partial charge in [0.15, 0.2) is 5.69 Å². The molecule has 0 atom stereocenters. The summed E-state index contributed by atoms with van der Waals surface area (Å²) in [5.74, 6) is -0.184. The third kappa shape index (κ3) is 4.33. The average Bonchev–Trinajstić information content (AvgIpc) is 2.99. The predicted molar refractivity (Wildman–Crippen MR) is 107 cm³/mol. The molecule has 3 rings (SSSR count). The number of non-ortho nitro benzene ring substituents is 1. The maximum atomic E-state index is 10.8. The van der Waals surface area contributed by atoms with Gasteiger partial charge in [-0.25, -0.2) is 4.98 Å². The Morgan fingerprint density at radius 3 is 2.77 bits per heavy atom. The van der Waals surface area contributed by atoms with Crippen molar-refractivity contribution in [2.24, 2.45) is 4.99 Å². The van der Waals surface area contributed by atoms with Crippen LogP contribution in [-0.2, 0) is 0 Å². The van der Waals surface area contributed by atoms with Crippen LogP contribution in [0.25, 0.3) is 12.2 Å². The molecule has 0 unspecified atom stereocenters. The van der Waals surface area contributed by atoms with Gasteiger partial charge in [-0.05, 0) is 46.4 Å². The van der Waals surface area contributed by atoms with Crippen LogP contribution in [-0.4, -0.2) is 21.2 Å². The van der Waals surface area contributed by atoms with Gasteiger partial charge in [0.1, 0.15) is 0 Å². The fraction of sp³-hybridized carbons (Fsp3) is 0. The number of oxazole rings is 1. The van der Waals surface area contributed by atoms with Gasteiger partial charge in [0.2, 0.25) is 5.89 Å².